The Morgan fingerprint density at radius 2 is 2.00 bits per heavy atom. The topological polar surface area (TPSA) is 70.2 Å². The van der Waals surface area contributed by atoms with Gasteiger partial charge in [-0.15, -0.1) is 0 Å². The van der Waals surface area contributed by atoms with Gasteiger partial charge in [0.05, 0.1) is 5.92 Å². The molecule has 1 saturated heterocycles. The fraction of sp³-hybridized carbons (Fsp3) is 0.300. The molecule has 0 saturated carbocycles. The zero-order valence-corrected chi connectivity index (χ0v) is 14.4. The minimum atomic E-state index is -0.452. The number of benzene rings is 2. The van der Waals surface area contributed by atoms with Gasteiger partial charge in [0.25, 0.3) is 5.91 Å². The third-order valence-corrected chi connectivity index (χ3v) is 4.41. The van der Waals surface area contributed by atoms with Crippen molar-refractivity contribution in [2.24, 2.45) is 5.92 Å². The number of piperidine rings is 1. The Bertz CT molecular complexity index is 788. The molecule has 1 atom stereocenters. The van der Waals surface area contributed by atoms with Crippen molar-refractivity contribution in [2.75, 3.05) is 18.4 Å². The van der Waals surface area contributed by atoms with Gasteiger partial charge in [0.15, 0.2) is 0 Å². The quantitative estimate of drug-likeness (QED) is 0.772. The molecular formula is C20H22FN3O2. The monoisotopic (exact) mass is 355 g/mol. The maximum atomic E-state index is 13.2. The fourth-order valence-electron chi connectivity index (χ4n) is 3.00. The zero-order valence-electron chi connectivity index (χ0n) is 14.4. The van der Waals surface area contributed by atoms with Gasteiger partial charge in [-0.3, -0.25) is 9.59 Å². The van der Waals surface area contributed by atoms with Crippen LogP contribution in [-0.4, -0.2) is 24.9 Å². The molecule has 1 aliphatic rings. The van der Waals surface area contributed by atoms with Gasteiger partial charge < -0.3 is 16.0 Å². The van der Waals surface area contributed by atoms with Gasteiger partial charge >= 0.3 is 0 Å². The maximum Gasteiger partial charge on any atom is 0.255 e. The van der Waals surface area contributed by atoms with Crippen LogP contribution in [0.15, 0.2) is 48.5 Å². The van der Waals surface area contributed by atoms with E-state index in [9.17, 15) is 14.0 Å². The summed E-state index contributed by atoms with van der Waals surface area (Å²) in [5.41, 5.74) is 1.75. The Morgan fingerprint density at radius 1 is 1.15 bits per heavy atom. The molecule has 0 aromatic heterocycles. The first-order valence-electron chi connectivity index (χ1n) is 8.76. The minimum Gasteiger partial charge on any atom is -0.352 e. The summed E-state index contributed by atoms with van der Waals surface area (Å²) in [4.78, 5) is 24.4. The lowest BCUT2D eigenvalue weighted by Gasteiger charge is -2.21. The van der Waals surface area contributed by atoms with Gasteiger partial charge in [-0.1, -0.05) is 18.2 Å². The molecule has 6 heteroatoms. The first-order chi connectivity index (χ1) is 12.6. The van der Waals surface area contributed by atoms with E-state index in [0.29, 0.717) is 12.2 Å². The van der Waals surface area contributed by atoms with E-state index in [1.807, 2.05) is 12.1 Å². The third-order valence-electron chi connectivity index (χ3n) is 4.41. The number of anilines is 1. The second-order valence-electron chi connectivity index (χ2n) is 6.43. The predicted octanol–water partition coefficient (Wildman–Crippen LogP) is 2.69. The fourth-order valence-corrected chi connectivity index (χ4v) is 3.00. The third kappa shape index (κ3) is 4.89. The molecule has 26 heavy (non-hydrogen) atoms. The van der Waals surface area contributed by atoms with Gasteiger partial charge in [-0.05, 0) is 55.3 Å². The highest BCUT2D eigenvalue weighted by atomic mass is 19.1. The zero-order chi connectivity index (χ0) is 18.4. The van der Waals surface area contributed by atoms with Crippen molar-refractivity contribution in [1.29, 1.82) is 0 Å². The van der Waals surface area contributed by atoms with E-state index in [1.54, 1.807) is 18.2 Å². The lowest BCUT2D eigenvalue weighted by molar-refractivity contribution is -0.125. The van der Waals surface area contributed by atoms with Crippen molar-refractivity contribution in [3.8, 4) is 0 Å². The van der Waals surface area contributed by atoms with Crippen LogP contribution in [0.5, 0.6) is 0 Å². The molecule has 1 aliphatic heterocycles. The van der Waals surface area contributed by atoms with Crippen molar-refractivity contribution in [3.05, 3.63) is 65.5 Å². The van der Waals surface area contributed by atoms with Crippen molar-refractivity contribution < 1.29 is 14.0 Å². The molecule has 1 unspecified atom stereocenters. The van der Waals surface area contributed by atoms with Crippen molar-refractivity contribution >= 4 is 17.5 Å². The lowest BCUT2D eigenvalue weighted by atomic mass is 9.99. The number of hydrogen-bond donors (Lipinski definition) is 3. The van der Waals surface area contributed by atoms with E-state index < -0.39 is 5.82 Å². The molecule has 3 rings (SSSR count). The molecule has 2 aromatic carbocycles. The SMILES string of the molecule is O=C(Nc1cccc(CNC(=O)C2CCCNC2)c1)c1cccc(F)c1. The summed E-state index contributed by atoms with van der Waals surface area (Å²) in [5, 5.41) is 8.92. The second kappa shape index (κ2) is 8.58. The predicted molar refractivity (Wildman–Crippen MR) is 98.2 cm³/mol. The summed E-state index contributed by atoms with van der Waals surface area (Å²) in [7, 11) is 0. The Labute approximate surface area is 152 Å². The molecule has 1 fully saturated rings. The second-order valence-corrected chi connectivity index (χ2v) is 6.43. The minimum absolute atomic E-state index is 0.0135. The Balaban J connectivity index is 1.57. The summed E-state index contributed by atoms with van der Waals surface area (Å²) >= 11 is 0. The number of amides is 2. The van der Waals surface area contributed by atoms with Crippen LogP contribution in [0.1, 0.15) is 28.8 Å². The summed E-state index contributed by atoms with van der Waals surface area (Å²) in [6, 6.07) is 12.8. The van der Waals surface area contributed by atoms with Crippen LogP contribution in [0, 0.1) is 11.7 Å². The van der Waals surface area contributed by atoms with Crippen LogP contribution in [0.4, 0.5) is 10.1 Å². The maximum absolute atomic E-state index is 13.2. The Kier molecular flexibility index (Phi) is 5.96. The molecule has 5 nitrogen and oxygen atoms in total. The summed E-state index contributed by atoms with van der Waals surface area (Å²) < 4.78 is 13.2. The van der Waals surface area contributed by atoms with Crippen molar-refractivity contribution in [2.45, 2.75) is 19.4 Å². The molecule has 2 aromatic rings. The van der Waals surface area contributed by atoms with Crippen LogP contribution in [-0.2, 0) is 11.3 Å². The van der Waals surface area contributed by atoms with Gasteiger partial charge in [-0.25, -0.2) is 4.39 Å². The average Bonchev–Trinajstić information content (AvgIpc) is 2.67. The van der Waals surface area contributed by atoms with E-state index in [-0.39, 0.29) is 23.3 Å². The Hall–Kier alpha value is -2.73. The van der Waals surface area contributed by atoms with Crippen molar-refractivity contribution in [1.82, 2.24) is 10.6 Å². The number of nitrogens with one attached hydrogen (secondary N) is 3. The standard InChI is InChI=1S/C20H22FN3O2/c21-17-7-2-5-15(11-17)20(26)24-18-8-1-4-14(10-18)12-23-19(25)16-6-3-9-22-13-16/h1-2,4-5,7-8,10-11,16,22H,3,6,9,12-13H2,(H,23,25)(H,24,26). The highest BCUT2D eigenvalue weighted by molar-refractivity contribution is 6.04. The van der Waals surface area contributed by atoms with Gasteiger partial charge in [-0.2, -0.15) is 0 Å². The smallest absolute Gasteiger partial charge is 0.255 e. The Morgan fingerprint density at radius 3 is 2.77 bits per heavy atom. The lowest BCUT2D eigenvalue weighted by Crippen LogP contribution is -2.40. The molecule has 0 bridgehead atoms. The van der Waals surface area contributed by atoms with Crippen LogP contribution >= 0.6 is 0 Å². The number of hydrogen-bond acceptors (Lipinski definition) is 3. The van der Waals surface area contributed by atoms with Gasteiger partial charge in [0.2, 0.25) is 5.91 Å². The first-order valence-corrected chi connectivity index (χ1v) is 8.76. The van der Waals surface area contributed by atoms with Crippen LogP contribution in [0.25, 0.3) is 0 Å². The van der Waals surface area contributed by atoms with Crippen LogP contribution in [0.3, 0.4) is 0 Å². The number of carbonyl (C=O) groups excluding carboxylic acids is 2. The summed E-state index contributed by atoms with van der Waals surface area (Å²) in [6.45, 7) is 2.09. The van der Waals surface area contributed by atoms with Gasteiger partial charge in [0.1, 0.15) is 5.82 Å². The number of carbonyl (C=O) groups is 2. The number of halogens is 1. The highest BCUT2D eigenvalue weighted by Crippen LogP contribution is 2.14. The first kappa shape index (κ1) is 18.1. The normalized spacial score (nSPS) is 16.7. The molecule has 3 N–H and O–H groups in total. The highest BCUT2D eigenvalue weighted by Gasteiger charge is 2.20. The van der Waals surface area contributed by atoms with Crippen LogP contribution in [0.2, 0.25) is 0 Å². The number of rotatable bonds is 5. The summed E-state index contributed by atoms with van der Waals surface area (Å²) in [5.74, 6) is -0.767. The average molecular weight is 355 g/mol. The molecule has 1 heterocycles. The largest absolute Gasteiger partial charge is 0.352 e. The molecule has 0 aliphatic carbocycles. The molecule has 0 spiro atoms. The van der Waals surface area contributed by atoms with Crippen LogP contribution < -0.4 is 16.0 Å². The molecular weight excluding hydrogens is 333 g/mol. The van der Waals surface area contributed by atoms with E-state index in [4.69, 9.17) is 0 Å². The molecule has 2 amide bonds. The van der Waals surface area contributed by atoms with E-state index >= 15 is 0 Å². The van der Waals surface area contributed by atoms with Gasteiger partial charge in [0, 0.05) is 24.3 Å². The summed E-state index contributed by atoms with van der Waals surface area (Å²) in [6.07, 6.45) is 1.92. The van der Waals surface area contributed by atoms with E-state index in [1.165, 1.54) is 18.2 Å². The van der Waals surface area contributed by atoms with Crippen molar-refractivity contribution in [3.63, 3.8) is 0 Å². The molecule has 136 valence electrons. The molecule has 0 radical (unpaired) electrons. The van der Waals surface area contributed by atoms with E-state index in [2.05, 4.69) is 16.0 Å². The van der Waals surface area contributed by atoms with E-state index in [0.717, 1.165) is 31.5 Å².